The van der Waals surface area contributed by atoms with E-state index in [0.717, 1.165) is 18.5 Å². The van der Waals surface area contributed by atoms with Gasteiger partial charge in [0, 0.05) is 13.0 Å². The lowest BCUT2D eigenvalue weighted by molar-refractivity contribution is -0.122. The molecule has 3 nitrogen and oxygen atoms in total. The number of hydrogen-bond acceptors (Lipinski definition) is 2. The van der Waals surface area contributed by atoms with Crippen LogP contribution in [0.15, 0.2) is 24.3 Å². The Labute approximate surface area is 82.8 Å². The minimum atomic E-state index is 0.120. The molecule has 1 amide bonds. The van der Waals surface area contributed by atoms with Gasteiger partial charge < -0.3 is 10.4 Å². The van der Waals surface area contributed by atoms with E-state index in [1.807, 2.05) is 12.1 Å². The zero-order chi connectivity index (χ0) is 9.97. The molecule has 0 bridgehead atoms. The van der Waals surface area contributed by atoms with Gasteiger partial charge in [-0.3, -0.25) is 4.79 Å². The zero-order valence-electron chi connectivity index (χ0n) is 7.86. The quantitative estimate of drug-likeness (QED) is 0.704. The molecule has 1 aromatic rings. The maximum atomic E-state index is 11.2. The van der Waals surface area contributed by atoms with E-state index in [2.05, 4.69) is 5.32 Å². The molecule has 2 N–H and O–H groups in total. The summed E-state index contributed by atoms with van der Waals surface area (Å²) in [6.07, 6.45) is 1.54. The number of nitrogens with one attached hydrogen (secondary N) is 1. The third-order valence-electron chi connectivity index (χ3n) is 2.61. The average Bonchev–Trinajstić information content (AvgIpc) is 2.19. The molecular formula is C11H13NO2. The lowest BCUT2D eigenvalue weighted by Crippen LogP contribution is -2.32. The monoisotopic (exact) mass is 191 g/mol. The number of piperidine rings is 1. The van der Waals surface area contributed by atoms with Gasteiger partial charge in [0.05, 0.1) is 0 Å². The van der Waals surface area contributed by atoms with Gasteiger partial charge in [0.1, 0.15) is 5.75 Å². The first-order valence-electron chi connectivity index (χ1n) is 4.81. The van der Waals surface area contributed by atoms with Crippen LogP contribution in [-0.2, 0) is 4.79 Å². The van der Waals surface area contributed by atoms with Crippen LogP contribution in [0.5, 0.6) is 5.75 Å². The van der Waals surface area contributed by atoms with E-state index in [9.17, 15) is 4.79 Å². The maximum absolute atomic E-state index is 11.2. The second-order valence-electron chi connectivity index (χ2n) is 3.63. The summed E-state index contributed by atoms with van der Waals surface area (Å²) in [5.74, 6) is 0.702. The molecule has 1 fully saturated rings. The van der Waals surface area contributed by atoms with E-state index in [1.54, 1.807) is 12.1 Å². The second kappa shape index (κ2) is 3.70. The smallest absolute Gasteiger partial charge is 0.220 e. The van der Waals surface area contributed by atoms with E-state index < -0.39 is 0 Å². The third kappa shape index (κ3) is 1.87. The number of aromatic hydroxyl groups is 1. The fraction of sp³-hybridized carbons (Fsp3) is 0.364. The van der Waals surface area contributed by atoms with Crippen molar-refractivity contribution in [2.24, 2.45) is 0 Å². The Morgan fingerprint density at radius 1 is 1.29 bits per heavy atom. The Morgan fingerprint density at radius 2 is 2.00 bits per heavy atom. The van der Waals surface area contributed by atoms with Crippen LogP contribution in [0.1, 0.15) is 24.3 Å². The van der Waals surface area contributed by atoms with Gasteiger partial charge in [-0.25, -0.2) is 0 Å². The number of carbonyl (C=O) groups is 1. The number of benzene rings is 1. The number of rotatable bonds is 1. The van der Waals surface area contributed by atoms with Crippen LogP contribution in [0.25, 0.3) is 0 Å². The van der Waals surface area contributed by atoms with Crippen LogP contribution in [-0.4, -0.2) is 17.6 Å². The van der Waals surface area contributed by atoms with Crippen molar-refractivity contribution in [1.82, 2.24) is 5.32 Å². The Hall–Kier alpha value is -1.51. The number of hydrogen-bond donors (Lipinski definition) is 2. The summed E-state index contributed by atoms with van der Waals surface area (Å²) in [5.41, 5.74) is 1.14. The molecule has 1 aliphatic heterocycles. The van der Waals surface area contributed by atoms with Crippen LogP contribution in [0.2, 0.25) is 0 Å². The molecule has 1 aromatic carbocycles. The predicted octanol–water partition coefficient (Wildman–Crippen LogP) is 1.39. The fourth-order valence-corrected chi connectivity index (χ4v) is 1.81. The topological polar surface area (TPSA) is 49.3 Å². The molecule has 14 heavy (non-hydrogen) atoms. The van der Waals surface area contributed by atoms with Crippen LogP contribution >= 0.6 is 0 Å². The average molecular weight is 191 g/mol. The van der Waals surface area contributed by atoms with Gasteiger partial charge in [-0.2, -0.15) is 0 Å². The molecule has 0 aliphatic carbocycles. The van der Waals surface area contributed by atoms with Gasteiger partial charge in [0.15, 0.2) is 0 Å². The molecule has 1 aliphatic rings. The van der Waals surface area contributed by atoms with Crippen molar-refractivity contribution in [3.05, 3.63) is 29.8 Å². The second-order valence-corrected chi connectivity index (χ2v) is 3.63. The minimum Gasteiger partial charge on any atom is -0.508 e. The maximum Gasteiger partial charge on any atom is 0.220 e. The highest BCUT2D eigenvalue weighted by Gasteiger charge is 2.20. The van der Waals surface area contributed by atoms with E-state index in [0.29, 0.717) is 12.3 Å². The lowest BCUT2D eigenvalue weighted by Gasteiger charge is -2.22. The summed E-state index contributed by atoms with van der Waals surface area (Å²) < 4.78 is 0. The van der Waals surface area contributed by atoms with Gasteiger partial charge in [-0.15, -0.1) is 0 Å². The van der Waals surface area contributed by atoms with Crippen LogP contribution in [0.3, 0.4) is 0 Å². The van der Waals surface area contributed by atoms with Crippen molar-refractivity contribution in [2.45, 2.75) is 18.8 Å². The van der Waals surface area contributed by atoms with Crippen molar-refractivity contribution >= 4 is 5.91 Å². The van der Waals surface area contributed by atoms with Crippen LogP contribution < -0.4 is 5.32 Å². The third-order valence-corrected chi connectivity index (χ3v) is 2.61. The molecule has 0 spiro atoms. The first-order chi connectivity index (χ1) is 6.75. The molecule has 1 atom stereocenters. The first-order valence-corrected chi connectivity index (χ1v) is 4.81. The van der Waals surface area contributed by atoms with Crippen molar-refractivity contribution in [1.29, 1.82) is 0 Å². The number of phenolic OH excluding ortho intramolecular Hbond substituents is 1. The SMILES string of the molecule is O=C1CC(c2ccc(O)cc2)CCN1. The van der Waals surface area contributed by atoms with Gasteiger partial charge >= 0.3 is 0 Å². The van der Waals surface area contributed by atoms with Gasteiger partial charge in [0.25, 0.3) is 0 Å². The highest BCUT2D eigenvalue weighted by molar-refractivity contribution is 5.77. The van der Waals surface area contributed by atoms with Crippen LogP contribution in [0.4, 0.5) is 0 Å². The summed E-state index contributed by atoms with van der Waals surface area (Å²) in [7, 11) is 0. The summed E-state index contributed by atoms with van der Waals surface area (Å²) >= 11 is 0. The molecule has 1 saturated heterocycles. The predicted molar refractivity (Wildman–Crippen MR) is 53.1 cm³/mol. The van der Waals surface area contributed by atoms with Crippen LogP contribution in [0, 0.1) is 0 Å². The summed E-state index contributed by atoms with van der Waals surface area (Å²) in [6, 6.07) is 7.11. The molecule has 3 heteroatoms. The Bertz CT molecular complexity index is 332. The number of phenols is 1. The molecular weight excluding hydrogens is 178 g/mol. The first kappa shape index (κ1) is 9.06. The Kier molecular flexibility index (Phi) is 2.39. The van der Waals surface area contributed by atoms with E-state index in [4.69, 9.17) is 5.11 Å². The highest BCUT2D eigenvalue weighted by Crippen LogP contribution is 2.26. The van der Waals surface area contributed by atoms with E-state index in [1.165, 1.54) is 0 Å². The summed E-state index contributed by atoms with van der Waals surface area (Å²) in [6.45, 7) is 0.754. The number of carbonyl (C=O) groups excluding carboxylic acids is 1. The minimum absolute atomic E-state index is 0.120. The van der Waals surface area contributed by atoms with Gasteiger partial charge in [-0.1, -0.05) is 12.1 Å². The molecule has 1 heterocycles. The molecule has 2 rings (SSSR count). The molecule has 0 aromatic heterocycles. The molecule has 0 saturated carbocycles. The van der Waals surface area contributed by atoms with Gasteiger partial charge in [-0.05, 0) is 30.0 Å². The Balaban J connectivity index is 2.14. The normalized spacial score (nSPS) is 21.7. The lowest BCUT2D eigenvalue weighted by atomic mass is 9.90. The van der Waals surface area contributed by atoms with Crippen molar-refractivity contribution in [3.63, 3.8) is 0 Å². The molecule has 0 radical (unpaired) electrons. The molecule has 1 unspecified atom stereocenters. The van der Waals surface area contributed by atoms with E-state index in [-0.39, 0.29) is 11.7 Å². The van der Waals surface area contributed by atoms with Gasteiger partial charge in [0.2, 0.25) is 5.91 Å². The van der Waals surface area contributed by atoms with E-state index >= 15 is 0 Å². The largest absolute Gasteiger partial charge is 0.508 e. The van der Waals surface area contributed by atoms with Crippen molar-refractivity contribution in [3.8, 4) is 5.75 Å². The fourth-order valence-electron chi connectivity index (χ4n) is 1.81. The zero-order valence-corrected chi connectivity index (χ0v) is 7.86. The summed E-state index contributed by atoms with van der Waals surface area (Å²) in [5, 5.41) is 11.9. The summed E-state index contributed by atoms with van der Waals surface area (Å²) in [4.78, 5) is 11.2. The highest BCUT2D eigenvalue weighted by atomic mass is 16.3. The van der Waals surface area contributed by atoms with Crippen molar-refractivity contribution in [2.75, 3.05) is 6.54 Å². The number of amides is 1. The Morgan fingerprint density at radius 3 is 2.64 bits per heavy atom. The standard InChI is InChI=1S/C11H13NO2/c13-10-3-1-8(2-4-10)9-5-6-12-11(14)7-9/h1-4,9,13H,5-7H2,(H,12,14). The molecule has 74 valence electrons. The van der Waals surface area contributed by atoms with Crippen molar-refractivity contribution < 1.29 is 9.90 Å².